The Labute approximate surface area is 68.7 Å². The Kier molecular flexibility index (Phi) is 5.91. The Bertz CT molecular complexity index is 89.3. The molecule has 0 aliphatic carbocycles. The van der Waals surface area contributed by atoms with E-state index in [1.54, 1.807) is 6.26 Å². The van der Waals surface area contributed by atoms with E-state index in [2.05, 4.69) is 27.4 Å². The van der Waals surface area contributed by atoms with Crippen LogP contribution in [0.4, 0.5) is 0 Å². The number of hydrogen-bond acceptors (Lipinski definition) is 1. The molecule has 0 aromatic carbocycles. The molecule has 0 aliphatic heterocycles. The van der Waals surface area contributed by atoms with Gasteiger partial charge >= 0.3 is 68.3 Å². The van der Waals surface area contributed by atoms with Gasteiger partial charge in [0.25, 0.3) is 0 Å². The van der Waals surface area contributed by atoms with Gasteiger partial charge in [0.2, 0.25) is 0 Å². The summed E-state index contributed by atoms with van der Waals surface area (Å²) in [6.07, 6.45) is 1.57. The molecule has 0 rings (SSSR count). The fraction of sp³-hybridized carbons (Fsp3) is 0.750. The molecule has 0 spiro atoms. The summed E-state index contributed by atoms with van der Waals surface area (Å²) in [6, 6.07) is 0. The van der Waals surface area contributed by atoms with E-state index < -0.39 is 14.7 Å². The zero-order valence-electron chi connectivity index (χ0n) is 7.13. The summed E-state index contributed by atoms with van der Waals surface area (Å²) in [4.78, 5) is 0.472. The van der Waals surface area contributed by atoms with Crippen LogP contribution in [-0.4, -0.2) is 19.5 Å². The Morgan fingerprint density at radius 1 is 1.50 bits per heavy atom. The second kappa shape index (κ2) is 5.85. The molecule has 0 aromatic heterocycles. The van der Waals surface area contributed by atoms with E-state index in [0.717, 1.165) is 0 Å². The summed E-state index contributed by atoms with van der Waals surface area (Å²) < 4.78 is 5.31. The van der Waals surface area contributed by atoms with Crippen LogP contribution in [0.5, 0.6) is 0 Å². The van der Waals surface area contributed by atoms with Crippen molar-refractivity contribution in [2.75, 3.05) is 0 Å². The standard InChI is InChI=1S/C8H17AsO/c1-5-9(6-2)8(4)10-7-3/h7-8H,3,5-6H2,1-2,4H3. The Hall–Kier alpha value is 0.0984. The van der Waals surface area contributed by atoms with Crippen molar-refractivity contribution in [2.45, 2.75) is 36.1 Å². The van der Waals surface area contributed by atoms with Gasteiger partial charge in [0.05, 0.1) is 0 Å². The first-order chi connectivity index (χ1) is 4.76. The molecule has 60 valence electrons. The summed E-state index contributed by atoms with van der Waals surface area (Å²) in [5, 5.41) is 2.66. The van der Waals surface area contributed by atoms with Crippen molar-refractivity contribution in [3.63, 3.8) is 0 Å². The molecule has 2 heteroatoms. The molecule has 0 bridgehead atoms. The molecule has 0 aliphatic rings. The topological polar surface area (TPSA) is 9.23 Å². The maximum absolute atomic E-state index is 5.31. The molecule has 0 amide bonds. The van der Waals surface area contributed by atoms with Crippen molar-refractivity contribution in [3.05, 3.63) is 12.8 Å². The first-order valence-electron chi connectivity index (χ1n) is 3.76. The van der Waals surface area contributed by atoms with Gasteiger partial charge in [0.1, 0.15) is 0 Å². The Morgan fingerprint density at radius 3 is 2.30 bits per heavy atom. The van der Waals surface area contributed by atoms with Crippen LogP contribution >= 0.6 is 0 Å². The van der Waals surface area contributed by atoms with Crippen LogP contribution in [0.25, 0.3) is 0 Å². The average molecular weight is 204 g/mol. The monoisotopic (exact) mass is 204 g/mol. The number of ether oxygens (including phenoxy) is 1. The van der Waals surface area contributed by atoms with E-state index in [1.807, 2.05) is 0 Å². The van der Waals surface area contributed by atoms with Gasteiger partial charge < -0.3 is 0 Å². The Balaban J connectivity index is 3.63. The molecule has 10 heavy (non-hydrogen) atoms. The summed E-state index contributed by atoms with van der Waals surface area (Å²) in [7, 11) is 0. The van der Waals surface area contributed by atoms with E-state index in [9.17, 15) is 0 Å². The third-order valence-electron chi connectivity index (χ3n) is 1.62. The van der Waals surface area contributed by atoms with Crippen molar-refractivity contribution in [1.29, 1.82) is 0 Å². The third-order valence-corrected chi connectivity index (χ3v) is 7.44. The van der Waals surface area contributed by atoms with Crippen molar-refractivity contribution >= 4 is 14.7 Å². The van der Waals surface area contributed by atoms with Crippen molar-refractivity contribution in [1.82, 2.24) is 0 Å². The summed E-state index contributed by atoms with van der Waals surface area (Å²) in [5.74, 6) is 0. The maximum atomic E-state index is 5.31. The minimum absolute atomic E-state index is 0.472. The van der Waals surface area contributed by atoms with Gasteiger partial charge in [-0.05, 0) is 0 Å². The van der Waals surface area contributed by atoms with Crippen LogP contribution < -0.4 is 0 Å². The number of rotatable bonds is 5. The third kappa shape index (κ3) is 3.31. The molecule has 0 saturated carbocycles. The van der Waals surface area contributed by atoms with E-state index in [1.165, 1.54) is 10.4 Å². The van der Waals surface area contributed by atoms with E-state index >= 15 is 0 Å². The van der Waals surface area contributed by atoms with Gasteiger partial charge in [-0.2, -0.15) is 0 Å². The number of hydrogen-bond donors (Lipinski definition) is 0. The quantitative estimate of drug-likeness (QED) is 0.494. The second-order valence-corrected chi connectivity index (χ2v) is 8.77. The minimum atomic E-state index is -0.661. The molecular formula is C8H17AsO. The molecule has 0 aromatic rings. The van der Waals surface area contributed by atoms with E-state index in [-0.39, 0.29) is 0 Å². The fourth-order valence-corrected chi connectivity index (χ4v) is 4.60. The zero-order chi connectivity index (χ0) is 7.98. The van der Waals surface area contributed by atoms with Gasteiger partial charge in [0.15, 0.2) is 0 Å². The molecule has 0 saturated heterocycles. The van der Waals surface area contributed by atoms with Crippen LogP contribution in [0.3, 0.4) is 0 Å². The van der Waals surface area contributed by atoms with Crippen molar-refractivity contribution in [2.24, 2.45) is 0 Å². The molecule has 0 heterocycles. The van der Waals surface area contributed by atoms with Crippen LogP contribution in [0.15, 0.2) is 12.8 Å². The predicted molar refractivity (Wildman–Crippen MR) is 47.5 cm³/mol. The normalized spacial score (nSPS) is 13.2. The van der Waals surface area contributed by atoms with Gasteiger partial charge in [-0.15, -0.1) is 0 Å². The van der Waals surface area contributed by atoms with Crippen LogP contribution in [0.2, 0.25) is 10.4 Å². The first-order valence-corrected chi connectivity index (χ1v) is 7.50. The molecule has 1 atom stereocenters. The van der Waals surface area contributed by atoms with Gasteiger partial charge in [-0.1, -0.05) is 0 Å². The first kappa shape index (κ1) is 10.1. The molecule has 0 radical (unpaired) electrons. The molecule has 1 nitrogen and oxygen atoms in total. The Morgan fingerprint density at radius 2 is 2.00 bits per heavy atom. The predicted octanol–water partition coefficient (Wildman–Crippen LogP) is 2.61. The molecule has 0 N–H and O–H groups in total. The van der Waals surface area contributed by atoms with Gasteiger partial charge in [-0.25, -0.2) is 0 Å². The second-order valence-electron chi connectivity index (χ2n) is 2.12. The van der Waals surface area contributed by atoms with Crippen molar-refractivity contribution in [3.8, 4) is 0 Å². The SMILES string of the molecule is C=COC(C)[As](CC)CC. The summed E-state index contributed by atoms with van der Waals surface area (Å²) in [6.45, 7) is 10.2. The summed E-state index contributed by atoms with van der Waals surface area (Å²) in [5.41, 5.74) is 0. The summed E-state index contributed by atoms with van der Waals surface area (Å²) >= 11 is -0.661. The van der Waals surface area contributed by atoms with Gasteiger partial charge in [0, 0.05) is 0 Å². The van der Waals surface area contributed by atoms with E-state index in [0.29, 0.717) is 4.89 Å². The molecular weight excluding hydrogens is 187 g/mol. The average Bonchev–Trinajstić information content (AvgIpc) is 1.91. The fourth-order valence-electron chi connectivity index (χ4n) is 0.963. The van der Waals surface area contributed by atoms with Crippen molar-refractivity contribution < 1.29 is 4.74 Å². The molecule has 0 fully saturated rings. The van der Waals surface area contributed by atoms with Crippen LogP contribution in [0, 0.1) is 0 Å². The van der Waals surface area contributed by atoms with Gasteiger partial charge in [-0.3, -0.25) is 0 Å². The zero-order valence-corrected chi connectivity index (χ0v) is 9.01. The van der Waals surface area contributed by atoms with E-state index in [4.69, 9.17) is 4.74 Å². The van der Waals surface area contributed by atoms with Crippen LogP contribution in [0.1, 0.15) is 20.8 Å². The van der Waals surface area contributed by atoms with Crippen LogP contribution in [-0.2, 0) is 4.74 Å². The molecule has 1 unspecified atom stereocenters.